The van der Waals surface area contributed by atoms with E-state index in [0.717, 1.165) is 12.1 Å². The molecule has 0 radical (unpaired) electrons. The summed E-state index contributed by atoms with van der Waals surface area (Å²) >= 11 is 0. The molecule has 0 aromatic heterocycles. The molecule has 1 aromatic carbocycles. The molecule has 6 heteroatoms. The van der Waals surface area contributed by atoms with E-state index in [2.05, 4.69) is 10.2 Å². The summed E-state index contributed by atoms with van der Waals surface area (Å²) in [7, 11) is 3.58. The first kappa shape index (κ1) is 17.4. The standard InChI is InChI=1S/C17H24FN3O2/c1-19-17(23)14-11-20(2)9-10-21(12-14)16(22)8-5-13-3-6-15(18)7-4-13/h3-4,6-7,14H,5,8-12H2,1-2H3,(H,19,23). The summed E-state index contributed by atoms with van der Waals surface area (Å²) in [5.41, 5.74) is 0.939. The minimum atomic E-state index is -0.274. The van der Waals surface area contributed by atoms with Crippen LogP contribution in [0.4, 0.5) is 4.39 Å². The summed E-state index contributed by atoms with van der Waals surface area (Å²) < 4.78 is 12.9. The summed E-state index contributed by atoms with van der Waals surface area (Å²) in [5.74, 6) is -0.472. The van der Waals surface area contributed by atoms with Gasteiger partial charge in [0.15, 0.2) is 0 Å². The van der Waals surface area contributed by atoms with Crippen molar-refractivity contribution in [2.24, 2.45) is 5.92 Å². The fourth-order valence-corrected chi connectivity index (χ4v) is 2.83. The van der Waals surface area contributed by atoms with Crippen molar-refractivity contribution in [3.05, 3.63) is 35.6 Å². The van der Waals surface area contributed by atoms with Crippen LogP contribution in [0, 0.1) is 11.7 Å². The molecule has 1 N–H and O–H groups in total. The molecule has 2 amide bonds. The van der Waals surface area contributed by atoms with Gasteiger partial charge in [-0.05, 0) is 31.2 Å². The highest BCUT2D eigenvalue weighted by Crippen LogP contribution is 2.12. The van der Waals surface area contributed by atoms with Gasteiger partial charge in [-0.2, -0.15) is 0 Å². The Labute approximate surface area is 136 Å². The normalized spacial score (nSPS) is 19.3. The maximum atomic E-state index is 12.9. The number of nitrogens with zero attached hydrogens (tertiary/aromatic N) is 2. The molecule has 1 aliphatic heterocycles. The van der Waals surface area contributed by atoms with Crippen molar-refractivity contribution < 1.29 is 14.0 Å². The van der Waals surface area contributed by atoms with E-state index in [-0.39, 0.29) is 23.5 Å². The zero-order chi connectivity index (χ0) is 16.8. The van der Waals surface area contributed by atoms with E-state index < -0.39 is 0 Å². The third-order valence-electron chi connectivity index (χ3n) is 4.24. The second kappa shape index (κ2) is 8.06. The molecule has 0 bridgehead atoms. The molecule has 126 valence electrons. The lowest BCUT2D eigenvalue weighted by Gasteiger charge is -2.23. The Bertz CT molecular complexity index is 547. The van der Waals surface area contributed by atoms with Crippen LogP contribution in [0.3, 0.4) is 0 Å². The van der Waals surface area contributed by atoms with Crippen LogP contribution in [0.2, 0.25) is 0 Å². The van der Waals surface area contributed by atoms with Crippen molar-refractivity contribution in [1.29, 1.82) is 0 Å². The average Bonchev–Trinajstić information content (AvgIpc) is 2.75. The maximum Gasteiger partial charge on any atom is 0.225 e. The first-order chi connectivity index (χ1) is 11.0. The molecular formula is C17H24FN3O2. The number of likely N-dealkylation sites (N-methyl/N-ethyl adjacent to an activating group) is 1. The largest absolute Gasteiger partial charge is 0.359 e. The number of hydrogen-bond donors (Lipinski definition) is 1. The fourth-order valence-electron chi connectivity index (χ4n) is 2.83. The SMILES string of the molecule is CNC(=O)C1CN(C)CCN(C(=O)CCc2ccc(F)cc2)C1. The molecular weight excluding hydrogens is 297 g/mol. The van der Waals surface area contributed by atoms with Crippen molar-refractivity contribution in [3.63, 3.8) is 0 Å². The van der Waals surface area contributed by atoms with Gasteiger partial charge in [0.25, 0.3) is 0 Å². The van der Waals surface area contributed by atoms with Crippen LogP contribution >= 0.6 is 0 Å². The van der Waals surface area contributed by atoms with Crippen molar-refractivity contribution >= 4 is 11.8 Å². The number of amides is 2. The quantitative estimate of drug-likeness (QED) is 0.896. The van der Waals surface area contributed by atoms with E-state index in [1.54, 1.807) is 24.1 Å². The Morgan fingerprint density at radius 1 is 1.22 bits per heavy atom. The van der Waals surface area contributed by atoms with E-state index >= 15 is 0 Å². The van der Waals surface area contributed by atoms with Crippen LogP contribution < -0.4 is 5.32 Å². The van der Waals surface area contributed by atoms with Gasteiger partial charge in [0.1, 0.15) is 5.82 Å². The third-order valence-corrected chi connectivity index (χ3v) is 4.24. The van der Waals surface area contributed by atoms with E-state index in [9.17, 15) is 14.0 Å². The number of nitrogens with one attached hydrogen (secondary N) is 1. The van der Waals surface area contributed by atoms with E-state index in [4.69, 9.17) is 0 Å². The highest BCUT2D eigenvalue weighted by molar-refractivity contribution is 5.81. The molecule has 1 aromatic rings. The minimum absolute atomic E-state index is 0.0323. The number of rotatable bonds is 4. The zero-order valence-electron chi connectivity index (χ0n) is 13.7. The molecule has 1 atom stereocenters. The van der Waals surface area contributed by atoms with Gasteiger partial charge in [-0.3, -0.25) is 9.59 Å². The molecule has 0 saturated carbocycles. The predicted molar refractivity (Wildman–Crippen MR) is 86.4 cm³/mol. The second-order valence-electron chi connectivity index (χ2n) is 6.04. The molecule has 0 spiro atoms. The smallest absolute Gasteiger partial charge is 0.225 e. The lowest BCUT2D eigenvalue weighted by Crippen LogP contribution is -2.41. The van der Waals surface area contributed by atoms with Crippen LogP contribution in [-0.2, 0) is 16.0 Å². The van der Waals surface area contributed by atoms with E-state index in [1.165, 1.54) is 12.1 Å². The first-order valence-electron chi connectivity index (χ1n) is 7.92. The Balaban J connectivity index is 1.94. The van der Waals surface area contributed by atoms with Crippen molar-refractivity contribution in [2.45, 2.75) is 12.8 Å². The predicted octanol–water partition coefficient (Wildman–Crippen LogP) is 0.895. The molecule has 1 heterocycles. The topological polar surface area (TPSA) is 52.7 Å². The van der Waals surface area contributed by atoms with Gasteiger partial charge in [-0.25, -0.2) is 4.39 Å². The Kier molecular flexibility index (Phi) is 6.10. The van der Waals surface area contributed by atoms with Crippen molar-refractivity contribution in [3.8, 4) is 0 Å². The number of carbonyl (C=O) groups excluding carboxylic acids is 2. The van der Waals surface area contributed by atoms with Gasteiger partial charge in [-0.1, -0.05) is 12.1 Å². The summed E-state index contributed by atoms with van der Waals surface area (Å²) in [5, 5.41) is 2.67. The number of carbonyl (C=O) groups is 2. The van der Waals surface area contributed by atoms with E-state index in [0.29, 0.717) is 32.5 Å². The maximum absolute atomic E-state index is 12.9. The van der Waals surface area contributed by atoms with Crippen molar-refractivity contribution in [1.82, 2.24) is 15.1 Å². The average molecular weight is 321 g/mol. The number of benzene rings is 1. The van der Waals surface area contributed by atoms with Crippen LogP contribution in [0.15, 0.2) is 24.3 Å². The molecule has 2 rings (SSSR count). The lowest BCUT2D eigenvalue weighted by atomic mass is 10.1. The summed E-state index contributed by atoms with van der Waals surface area (Å²) in [6, 6.07) is 6.21. The van der Waals surface area contributed by atoms with Gasteiger partial charge < -0.3 is 15.1 Å². The van der Waals surface area contributed by atoms with Gasteiger partial charge in [0.2, 0.25) is 11.8 Å². The first-order valence-corrected chi connectivity index (χ1v) is 7.92. The molecule has 23 heavy (non-hydrogen) atoms. The zero-order valence-corrected chi connectivity index (χ0v) is 13.7. The molecule has 0 aliphatic carbocycles. The highest BCUT2D eigenvalue weighted by atomic mass is 19.1. The summed E-state index contributed by atoms with van der Waals surface area (Å²) in [6.45, 7) is 2.50. The monoisotopic (exact) mass is 321 g/mol. The van der Waals surface area contributed by atoms with Gasteiger partial charge >= 0.3 is 0 Å². The molecule has 1 fully saturated rings. The highest BCUT2D eigenvalue weighted by Gasteiger charge is 2.28. The van der Waals surface area contributed by atoms with Crippen molar-refractivity contribution in [2.75, 3.05) is 40.3 Å². The molecule has 1 aliphatic rings. The lowest BCUT2D eigenvalue weighted by molar-refractivity contribution is -0.132. The third kappa shape index (κ3) is 5.03. The summed E-state index contributed by atoms with van der Waals surface area (Å²) in [4.78, 5) is 28.2. The second-order valence-corrected chi connectivity index (χ2v) is 6.04. The van der Waals surface area contributed by atoms with Crippen LogP contribution in [0.25, 0.3) is 0 Å². The van der Waals surface area contributed by atoms with Gasteiger partial charge in [0, 0.05) is 39.6 Å². The number of halogens is 1. The Morgan fingerprint density at radius 2 is 1.91 bits per heavy atom. The fraction of sp³-hybridized carbons (Fsp3) is 0.529. The Hall–Kier alpha value is -1.95. The van der Waals surface area contributed by atoms with E-state index in [1.807, 2.05) is 7.05 Å². The Morgan fingerprint density at radius 3 is 2.57 bits per heavy atom. The van der Waals surface area contributed by atoms with Crippen LogP contribution in [-0.4, -0.2) is 61.9 Å². The van der Waals surface area contributed by atoms with Gasteiger partial charge in [-0.15, -0.1) is 0 Å². The van der Waals surface area contributed by atoms with Crippen LogP contribution in [0.5, 0.6) is 0 Å². The van der Waals surface area contributed by atoms with Crippen LogP contribution in [0.1, 0.15) is 12.0 Å². The number of aryl methyl sites for hydroxylation is 1. The number of hydrogen-bond acceptors (Lipinski definition) is 3. The minimum Gasteiger partial charge on any atom is -0.359 e. The molecule has 5 nitrogen and oxygen atoms in total. The molecule has 1 unspecified atom stereocenters. The van der Waals surface area contributed by atoms with Gasteiger partial charge in [0.05, 0.1) is 5.92 Å². The summed E-state index contributed by atoms with van der Waals surface area (Å²) in [6.07, 6.45) is 0.950. The molecule has 1 saturated heterocycles.